The Morgan fingerprint density at radius 2 is 0.769 bits per heavy atom. The fourth-order valence-electron chi connectivity index (χ4n) is 1.27. The molecule has 1 heterocycles. The van der Waals surface area contributed by atoms with Crippen LogP contribution < -0.4 is 0 Å². The predicted octanol–water partition coefficient (Wildman–Crippen LogP) is 6.82. The van der Waals surface area contributed by atoms with Crippen LogP contribution in [0.25, 0.3) is 0 Å². The maximum Gasteiger partial charge on any atom is 4.00 e. The smallest absolute Gasteiger partial charge is 0.271 e. The average molecular weight is 435 g/mol. The van der Waals surface area contributed by atoms with Crippen LogP contribution in [0.4, 0.5) is 0 Å². The third kappa shape index (κ3) is 22.7. The maximum absolute atomic E-state index is 3.01. The molecule has 0 fully saturated rings. The van der Waals surface area contributed by atoms with Crippen molar-refractivity contribution in [2.75, 3.05) is 0 Å². The first-order chi connectivity index (χ1) is 11.5. The van der Waals surface area contributed by atoms with E-state index in [0.29, 0.717) is 0 Å². The molecule has 0 aliphatic carbocycles. The summed E-state index contributed by atoms with van der Waals surface area (Å²) in [5.74, 6) is 5.11. The van der Waals surface area contributed by atoms with E-state index in [-0.39, 0.29) is 46.5 Å². The summed E-state index contributed by atoms with van der Waals surface area (Å²) >= 11 is 0. The van der Waals surface area contributed by atoms with E-state index in [2.05, 4.69) is 29.8 Å². The van der Waals surface area contributed by atoms with E-state index in [9.17, 15) is 0 Å². The molecule has 0 bridgehead atoms. The molecular weight excluding hydrogens is 414 g/mol. The van der Waals surface area contributed by atoms with Gasteiger partial charge in [0.1, 0.15) is 0 Å². The summed E-state index contributed by atoms with van der Waals surface area (Å²) < 4.78 is 0. The van der Waals surface area contributed by atoms with Crippen molar-refractivity contribution in [3.05, 3.63) is 133 Å². The third-order valence-electron chi connectivity index (χ3n) is 2.26. The van der Waals surface area contributed by atoms with Gasteiger partial charge in [0.15, 0.2) is 0 Å². The van der Waals surface area contributed by atoms with E-state index < -0.39 is 0 Å². The van der Waals surface area contributed by atoms with Gasteiger partial charge < -0.3 is 0 Å². The van der Waals surface area contributed by atoms with Gasteiger partial charge in [0.05, 0.1) is 0 Å². The molecule has 3 aromatic carbocycles. The van der Waals surface area contributed by atoms with Gasteiger partial charge >= 0.3 is 21.7 Å². The molecule has 0 N–H and O–H groups in total. The predicted molar refractivity (Wildman–Crippen MR) is 115 cm³/mol. The van der Waals surface area contributed by atoms with E-state index in [0.717, 1.165) is 8.19 Å². The molecule has 0 aliphatic rings. The topological polar surface area (TPSA) is 0 Å². The van der Waals surface area contributed by atoms with Crippen molar-refractivity contribution in [3.8, 4) is 0 Å². The summed E-state index contributed by atoms with van der Waals surface area (Å²) in [7, 11) is 0.823. The summed E-state index contributed by atoms with van der Waals surface area (Å²) in [5.41, 5.74) is 0. The molecule has 1 aromatic heterocycles. The molecule has 1 unspecified atom stereocenters. The van der Waals surface area contributed by atoms with E-state index in [1.54, 1.807) is 0 Å². The van der Waals surface area contributed by atoms with Crippen molar-refractivity contribution < 1.29 is 21.7 Å². The molecule has 0 saturated heterocycles. The molecule has 0 spiro atoms. The number of halogens is 2. The van der Waals surface area contributed by atoms with Gasteiger partial charge in [-0.25, -0.2) is 6.07 Å². The Bertz CT molecular complexity index is 461. The summed E-state index contributed by atoms with van der Waals surface area (Å²) in [6.07, 6.45) is 0. The van der Waals surface area contributed by atoms with Crippen molar-refractivity contribution in [1.29, 1.82) is 0 Å². The van der Waals surface area contributed by atoms with Crippen molar-refractivity contribution in [2.45, 2.75) is 0 Å². The van der Waals surface area contributed by atoms with Crippen molar-refractivity contribution in [2.24, 2.45) is 0 Å². The fourth-order valence-corrected chi connectivity index (χ4v) is 1.75. The minimum Gasteiger partial charge on any atom is -0.271 e. The first-order valence-corrected chi connectivity index (χ1v) is 8.30. The van der Waals surface area contributed by atoms with E-state index in [4.69, 9.17) is 0 Å². The molecule has 4 rings (SSSR count). The maximum atomic E-state index is 3.01. The van der Waals surface area contributed by atoms with Crippen molar-refractivity contribution in [1.82, 2.24) is 0 Å². The van der Waals surface area contributed by atoms with Crippen LogP contribution in [0.15, 0.2) is 109 Å². The largest absolute Gasteiger partial charge is 4.00 e. The van der Waals surface area contributed by atoms with Gasteiger partial charge in [-0.05, 0) is 0 Å². The van der Waals surface area contributed by atoms with Crippen LogP contribution in [-0.4, -0.2) is 0 Å². The van der Waals surface area contributed by atoms with Crippen LogP contribution in [0.5, 0.6) is 0 Å². The summed E-state index contributed by atoms with van der Waals surface area (Å²) in [6, 6.07) is 41.5. The van der Waals surface area contributed by atoms with Gasteiger partial charge in [0.2, 0.25) is 0 Å². The number of rotatable bonds is 0. The van der Waals surface area contributed by atoms with Gasteiger partial charge in [0, 0.05) is 0 Å². The standard InChI is InChI=1S/3C6H5.C4H4P.2ClH.Ti/c3*1-2-4-6-5-3-1;1-2-4-5-3-1;;;/h3*1-5H;1-3,5H;2*1H;/q4*-1;;;+4. The number of hydrogen-bond acceptors (Lipinski definition) is 0. The molecule has 0 amide bonds. The summed E-state index contributed by atoms with van der Waals surface area (Å²) in [4.78, 5) is 0. The van der Waals surface area contributed by atoms with Crippen LogP contribution in [0, 0.1) is 24.0 Å². The zero-order chi connectivity index (χ0) is 16.3. The Kier molecular flexibility index (Phi) is 29.5. The summed E-state index contributed by atoms with van der Waals surface area (Å²) in [6.45, 7) is 0. The Labute approximate surface area is 186 Å². The Hall–Kier alpha value is -1.27. The fraction of sp³-hybridized carbons (Fsp3) is 0. The van der Waals surface area contributed by atoms with Gasteiger partial charge in [-0.2, -0.15) is 127 Å². The van der Waals surface area contributed by atoms with Crippen LogP contribution in [0.2, 0.25) is 0 Å². The van der Waals surface area contributed by atoms with Crippen molar-refractivity contribution >= 4 is 33.0 Å². The molecule has 0 aliphatic heterocycles. The first-order valence-electron chi connectivity index (χ1n) is 7.23. The van der Waals surface area contributed by atoms with E-state index in [1.165, 1.54) is 0 Å². The normalized spacial score (nSPS) is 7.38. The van der Waals surface area contributed by atoms with Gasteiger partial charge in [-0.1, -0.05) is 0 Å². The van der Waals surface area contributed by atoms with Gasteiger partial charge in [0.25, 0.3) is 0 Å². The SMILES string of the molecule is Cl.Cl.[Ti+4].[c-]1ccc[pH]1.[c-]1ccccc1.[c-]1ccccc1.[c-]1ccccc1. The zero-order valence-electron chi connectivity index (χ0n) is 14.2. The molecule has 0 saturated carbocycles. The Morgan fingerprint density at radius 1 is 0.423 bits per heavy atom. The average Bonchev–Trinajstić information content (AvgIpc) is 3.27. The van der Waals surface area contributed by atoms with Crippen LogP contribution in [-0.2, 0) is 21.7 Å². The molecule has 0 radical (unpaired) electrons. The molecule has 0 nitrogen and oxygen atoms in total. The van der Waals surface area contributed by atoms with E-state index in [1.807, 2.05) is 103 Å². The molecule has 4 heteroatoms. The number of hydrogen-bond donors (Lipinski definition) is 0. The Balaban J connectivity index is -0.000000262. The van der Waals surface area contributed by atoms with Crippen molar-refractivity contribution in [3.63, 3.8) is 0 Å². The van der Waals surface area contributed by atoms with Crippen LogP contribution in [0.3, 0.4) is 0 Å². The van der Waals surface area contributed by atoms with Crippen LogP contribution >= 0.6 is 33.0 Å². The minimum atomic E-state index is 0. The first kappa shape index (κ1) is 29.5. The molecule has 26 heavy (non-hydrogen) atoms. The van der Waals surface area contributed by atoms with E-state index >= 15 is 0 Å². The molecule has 4 aromatic rings. The molecule has 132 valence electrons. The Morgan fingerprint density at radius 3 is 0.846 bits per heavy atom. The second-order valence-corrected chi connectivity index (χ2v) is 4.96. The van der Waals surface area contributed by atoms with Gasteiger partial charge in [-0.15, -0.1) is 24.8 Å². The molecule has 1 atom stereocenters. The quantitative estimate of drug-likeness (QED) is 0.210. The second kappa shape index (κ2) is 26.0. The van der Waals surface area contributed by atoms with Crippen LogP contribution in [0.1, 0.15) is 0 Å². The minimum absolute atomic E-state index is 0. The zero-order valence-corrected chi connectivity index (χ0v) is 18.4. The second-order valence-electron chi connectivity index (χ2n) is 4.05. The third-order valence-corrected chi connectivity index (χ3v) is 2.96. The monoisotopic (exact) mass is 434 g/mol. The van der Waals surface area contributed by atoms with Gasteiger partial charge in [-0.3, -0.25) is 8.19 Å². The molecular formula is C22H21Cl2PTi. The number of benzene rings is 3. The summed E-state index contributed by atoms with van der Waals surface area (Å²) in [5, 5.41) is 0.